The number of rotatable bonds is 2. The van der Waals surface area contributed by atoms with Crippen molar-refractivity contribution >= 4 is 28.0 Å². The molecule has 0 spiro atoms. The third-order valence-electron chi connectivity index (χ3n) is 2.99. The predicted octanol–water partition coefficient (Wildman–Crippen LogP) is 3.50. The number of carbonyl (C=O) groups is 1. The first-order chi connectivity index (χ1) is 8.66. The third-order valence-corrected chi connectivity index (χ3v) is 3.87. The molecule has 0 aliphatic carbocycles. The number of aryl methyl sites for hydroxylation is 1. The summed E-state index contributed by atoms with van der Waals surface area (Å²) in [5, 5.41) is 3.89. The summed E-state index contributed by atoms with van der Waals surface area (Å²) < 4.78 is 2.08. The number of fused-ring (bicyclic) bond motifs is 1. The van der Waals surface area contributed by atoms with E-state index in [0.29, 0.717) is 5.69 Å². The average molecular weight is 256 g/mol. The van der Waals surface area contributed by atoms with E-state index in [1.54, 1.807) is 6.92 Å². The van der Waals surface area contributed by atoms with Crippen LogP contribution in [0.5, 0.6) is 0 Å². The van der Waals surface area contributed by atoms with Crippen LogP contribution in [-0.4, -0.2) is 15.3 Å². The van der Waals surface area contributed by atoms with Crippen LogP contribution >= 0.6 is 11.3 Å². The number of para-hydroxylation sites is 1. The molecule has 0 radical (unpaired) electrons. The summed E-state index contributed by atoms with van der Waals surface area (Å²) in [5.74, 6) is 0.0118. The Kier molecular flexibility index (Phi) is 2.52. The number of ketones is 1. The first kappa shape index (κ1) is 11.2. The van der Waals surface area contributed by atoms with Crippen molar-refractivity contribution in [2.45, 2.75) is 6.92 Å². The van der Waals surface area contributed by atoms with Crippen LogP contribution in [0.1, 0.15) is 17.4 Å². The lowest BCUT2D eigenvalue weighted by molar-refractivity contribution is 0.101. The van der Waals surface area contributed by atoms with Crippen LogP contribution in [-0.2, 0) is 7.05 Å². The molecule has 0 saturated heterocycles. The van der Waals surface area contributed by atoms with Crippen molar-refractivity contribution in [1.29, 1.82) is 0 Å². The second kappa shape index (κ2) is 4.07. The van der Waals surface area contributed by atoms with Gasteiger partial charge in [0.25, 0.3) is 0 Å². The zero-order valence-corrected chi connectivity index (χ0v) is 11.0. The van der Waals surface area contributed by atoms with E-state index >= 15 is 0 Å². The van der Waals surface area contributed by atoms with Gasteiger partial charge in [-0.05, 0) is 6.07 Å². The van der Waals surface area contributed by atoms with Gasteiger partial charge >= 0.3 is 0 Å². The fraction of sp³-hybridized carbons (Fsp3) is 0.143. The smallest absolute Gasteiger partial charge is 0.178 e. The molecule has 2 aromatic heterocycles. The highest BCUT2D eigenvalue weighted by Crippen LogP contribution is 2.32. The minimum atomic E-state index is 0.0118. The van der Waals surface area contributed by atoms with Crippen LogP contribution in [0, 0.1) is 0 Å². The topological polar surface area (TPSA) is 34.9 Å². The van der Waals surface area contributed by atoms with E-state index in [1.165, 1.54) is 22.2 Å². The van der Waals surface area contributed by atoms with Gasteiger partial charge in [-0.2, -0.15) is 0 Å². The van der Waals surface area contributed by atoms with Crippen LogP contribution in [0.25, 0.3) is 21.5 Å². The molecule has 0 saturated carbocycles. The molecule has 18 heavy (non-hydrogen) atoms. The molecule has 0 aliphatic heterocycles. The molecule has 0 N–H and O–H groups in total. The van der Waals surface area contributed by atoms with Crippen LogP contribution in [0.2, 0.25) is 0 Å². The van der Waals surface area contributed by atoms with Gasteiger partial charge < -0.3 is 4.57 Å². The van der Waals surface area contributed by atoms with E-state index in [-0.39, 0.29) is 5.78 Å². The van der Waals surface area contributed by atoms with E-state index in [0.717, 1.165) is 10.6 Å². The average Bonchev–Trinajstić information content (AvgIpc) is 2.95. The Balaban J connectivity index is 2.22. The summed E-state index contributed by atoms with van der Waals surface area (Å²) in [6.07, 6.45) is 2.06. The van der Waals surface area contributed by atoms with Crippen molar-refractivity contribution in [3.8, 4) is 10.6 Å². The monoisotopic (exact) mass is 256 g/mol. The van der Waals surface area contributed by atoms with Crippen LogP contribution in [0.4, 0.5) is 0 Å². The number of hydrogen-bond donors (Lipinski definition) is 0. The van der Waals surface area contributed by atoms with Gasteiger partial charge in [0.2, 0.25) is 0 Å². The molecule has 1 aromatic carbocycles. The normalized spacial score (nSPS) is 11.0. The maximum atomic E-state index is 11.3. The molecule has 0 aliphatic rings. The molecule has 90 valence electrons. The van der Waals surface area contributed by atoms with E-state index in [9.17, 15) is 4.79 Å². The number of aromatic nitrogens is 2. The van der Waals surface area contributed by atoms with Gasteiger partial charge in [-0.25, -0.2) is 4.98 Å². The van der Waals surface area contributed by atoms with E-state index in [1.807, 2.05) is 24.6 Å². The van der Waals surface area contributed by atoms with Crippen molar-refractivity contribution in [3.05, 3.63) is 41.5 Å². The number of nitrogens with zero attached hydrogens (tertiary/aromatic N) is 2. The molecule has 0 unspecified atom stereocenters. The molecule has 0 amide bonds. The quantitative estimate of drug-likeness (QED) is 0.658. The molecule has 0 atom stereocenters. The Labute approximate surface area is 109 Å². The van der Waals surface area contributed by atoms with Gasteiger partial charge in [-0.15, -0.1) is 11.3 Å². The van der Waals surface area contributed by atoms with E-state index < -0.39 is 0 Å². The van der Waals surface area contributed by atoms with Gasteiger partial charge in [0.1, 0.15) is 10.7 Å². The van der Waals surface area contributed by atoms with Gasteiger partial charge in [-0.3, -0.25) is 4.79 Å². The second-order valence-electron chi connectivity index (χ2n) is 4.26. The molecule has 0 fully saturated rings. The summed E-state index contributed by atoms with van der Waals surface area (Å²) in [7, 11) is 2.02. The van der Waals surface area contributed by atoms with Crippen molar-refractivity contribution in [3.63, 3.8) is 0 Å². The summed E-state index contributed by atoms with van der Waals surface area (Å²) >= 11 is 1.51. The Morgan fingerprint density at radius 1 is 1.33 bits per heavy atom. The largest absolute Gasteiger partial charge is 0.350 e. The van der Waals surface area contributed by atoms with Crippen LogP contribution < -0.4 is 0 Å². The first-order valence-electron chi connectivity index (χ1n) is 5.67. The summed E-state index contributed by atoms with van der Waals surface area (Å²) in [6, 6.07) is 8.21. The van der Waals surface area contributed by atoms with Crippen molar-refractivity contribution in [2.75, 3.05) is 0 Å². The Bertz CT molecular complexity index is 739. The highest BCUT2D eigenvalue weighted by molar-refractivity contribution is 7.13. The van der Waals surface area contributed by atoms with Crippen LogP contribution in [0.15, 0.2) is 35.8 Å². The number of benzene rings is 1. The lowest BCUT2D eigenvalue weighted by atomic mass is 10.2. The Morgan fingerprint density at radius 2 is 2.11 bits per heavy atom. The fourth-order valence-electron chi connectivity index (χ4n) is 2.07. The highest BCUT2D eigenvalue weighted by Gasteiger charge is 2.13. The number of carbonyl (C=O) groups excluding carboxylic acids is 1. The SMILES string of the molecule is CC(=O)c1csc(-c2cn(C)c3ccccc23)n1. The zero-order chi connectivity index (χ0) is 12.7. The molecule has 0 bridgehead atoms. The number of Topliss-reactive ketones (excluding diaryl/α,β-unsaturated/α-hetero) is 1. The predicted molar refractivity (Wildman–Crippen MR) is 74.0 cm³/mol. The van der Waals surface area contributed by atoms with Crippen molar-refractivity contribution < 1.29 is 4.79 Å². The minimum absolute atomic E-state index is 0.0118. The third kappa shape index (κ3) is 1.66. The molecular weight excluding hydrogens is 244 g/mol. The number of thiazole rings is 1. The fourth-order valence-corrected chi connectivity index (χ4v) is 2.95. The summed E-state index contributed by atoms with van der Waals surface area (Å²) in [5.41, 5.74) is 2.81. The summed E-state index contributed by atoms with van der Waals surface area (Å²) in [4.78, 5) is 15.7. The summed E-state index contributed by atoms with van der Waals surface area (Å²) in [6.45, 7) is 1.54. The van der Waals surface area contributed by atoms with Gasteiger partial charge in [-0.1, -0.05) is 18.2 Å². The van der Waals surface area contributed by atoms with E-state index in [4.69, 9.17) is 0 Å². The molecular formula is C14H12N2OS. The zero-order valence-electron chi connectivity index (χ0n) is 10.2. The Hall–Kier alpha value is -1.94. The standard InChI is InChI=1S/C14H12N2OS/c1-9(17)12-8-18-14(15-12)11-7-16(2)13-6-4-3-5-10(11)13/h3-8H,1-2H3. The first-order valence-corrected chi connectivity index (χ1v) is 6.55. The number of hydrogen-bond acceptors (Lipinski definition) is 3. The van der Waals surface area contributed by atoms with Crippen LogP contribution in [0.3, 0.4) is 0 Å². The molecule has 3 rings (SSSR count). The molecule has 4 heteroatoms. The molecule has 3 aromatic rings. The van der Waals surface area contributed by atoms with Gasteiger partial charge in [0.05, 0.1) is 0 Å². The second-order valence-corrected chi connectivity index (χ2v) is 5.12. The Morgan fingerprint density at radius 3 is 2.83 bits per heavy atom. The van der Waals surface area contributed by atoms with Crippen molar-refractivity contribution in [1.82, 2.24) is 9.55 Å². The maximum absolute atomic E-state index is 11.3. The molecule has 2 heterocycles. The van der Waals surface area contributed by atoms with Crippen molar-refractivity contribution in [2.24, 2.45) is 7.05 Å². The highest BCUT2D eigenvalue weighted by atomic mass is 32.1. The molecule has 3 nitrogen and oxygen atoms in total. The lowest BCUT2D eigenvalue weighted by Gasteiger charge is -1.93. The van der Waals surface area contributed by atoms with Gasteiger partial charge in [0, 0.05) is 42.0 Å². The lowest BCUT2D eigenvalue weighted by Crippen LogP contribution is -1.90. The minimum Gasteiger partial charge on any atom is -0.350 e. The maximum Gasteiger partial charge on any atom is 0.178 e. The van der Waals surface area contributed by atoms with Gasteiger partial charge in [0.15, 0.2) is 5.78 Å². The van der Waals surface area contributed by atoms with E-state index in [2.05, 4.69) is 27.9 Å².